The van der Waals surface area contributed by atoms with E-state index in [-0.39, 0.29) is 11.6 Å². The SMILES string of the molecule is Cc1cc(C)c2sc(=NC(=O)C=Cc3ccc([N+](=O)[O-])cc3)n(C)c2c1. The third-order valence-electron chi connectivity index (χ3n) is 3.97. The average Bonchev–Trinajstić information content (AvgIpc) is 2.90. The summed E-state index contributed by atoms with van der Waals surface area (Å²) in [6, 6.07) is 10.2. The zero-order valence-corrected chi connectivity index (χ0v) is 15.4. The van der Waals surface area contributed by atoms with Crippen molar-refractivity contribution in [3.63, 3.8) is 0 Å². The molecule has 0 radical (unpaired) electrons. The minimum atomic E-state index is -0.459. The van der Waals surface area contributed by atoms with E-state index in [4.69, 9.17) is 0 Å². The number of fused-ring (bicyclic) bond motifs is 1. The predicted octanol–water partition coefficient (Wildman–Crippen LogP) is 3.91. The molecule has 6 nitrogen and oxygen atoms in total. The summed E-state index contributed by atoms with van der Waals surface area (Å²) < 4.78 is 3.03. The van der Waals surface area contributed by atoms with Crippen LogP contribution in [0.25, 0.3) is 16.3 Å². The van der Waals surface area contributed by atoms with Crippen LogP contribution in [-0.2, 0) is 11.8 Å². The van der Waals surface area contributed by atoms with E-state index < -0.39 is 4.92 Å². The van der Waals surface area contributed by atoms with E-state index in [0.717, 1.165) is 15.8 Å². The molecule has 0 aliphatic carbocycles. The van der Waals surface area contributed by atoms with Gasteiger partial charge in [-0.15, -0.1) is 0 Å². The summed E-state index contributed by atoms with van der Waals surface area (Å²) in [5, 5.41) is 10.6. The molecule has 1 heterocycles. The smallest absolute Gasteiger partial charge is 0.272 e. The van der Waals surface area contributed by atoms with E-state index in [0.29, 0.717) is 10.4 Å². The molecule has 0 bridgehead atoms. The Morgan fingerprint density at radius 3 is 2.58 bits per heavy atom. The van der Waals surface area contributed by atoms with Crippen molar-refractivity contribution < 1.29 is 9.72 Å². The van der Waals surface area contributed by atoms with Gasteiger partial charge in [0, 0.05) is 25.3 Å². The molecule has 3 aromatic rings. The number of benzene rings is 2. The molecular weight excluding hydrogens is 350 g/mol. The number of hydrogen-bond acceptors (Lipinski definition) is 4. The van der Waals surface area contributed by atoms with Crippen LogP contribution in [0.15, 0.2) is 47.5 Å². The first-order valence-electron chi connectivity index (χ1n) is 7.93. The van der Waals surface area contributed by atoms with Crippen LogP contribution in [-0.4, -0.2) is 15.4 Å². The van der Waals surface area contributed by atoms with E-state index in [9.17, 15) is 14.9 Å². The molecule has 0 fully saturated rings. The Morgan fingerprint density at radius 1 is 1.23 bits per heavy atom. The van der Waals surface area contributed by atoms with Crippen LogP contribution < -0.4 is 4.80 Å². The van der Waals surface area contributed by atoms with Gasteiger partial charge in [-0.1, -0.05) is 17.4 Å². The summed E-state index contributed by atoms with van der Waals surface area (Å²) in [5.41, 5.74) is 4.10. The molecule has 1 amide bonds. The fourth-order valence-electron chi connectivity index (χ4n) is 2.68. The number of nitro benzene ring substituents is 1. The highest BCUT2D eigenvalue weighted by Gasteiger charge is 2.07. The Hall–Kier alpha value is -3.06. The molecule has 0 saturated carbocycles. The third-order valence-corrected chi connectivity index (χ3v) is 5.25. The van der Waals surface area contributed by atoms with Crippen molar-refractivity contribution >= 4 is 39.2 Å². The van der Waals surface area contributed by atoms with Crippen molar-refractivity contribution in [3.05, 3.63) is 74.1 Å². The lowest BCUT2D eigenvalue weighted by atomic mass is 10.1. The number of aromatic nitrogens is 1. The lowest BCUT2D eigenvalue weighted by molar-refractivity contribution is -0.384. The van der Waals surface area contributed by atoms with Gasteiger partial charge >= 0.3 is 0 Å². The van der Waals surface area contributed by atoms with Crippen LogP contribution in [0.4, 0.5) is 5.69 Å². The Bertz CT molecular complexity index is 1110. The number of non-ortho nitro benzene ring substituents is 1. The maximum Gasteiger partial charge on any atom is 0.272 e. The van der Waals surface area contributed by atoms with Crippen molar-refractivity contribution in [3.8, 4) is 0 Å². The number of carbonyl (C=O) groups is 1. The topological polar surface area (TPSA) is 77.5 Å². The standard InChI is InChI=1S/C19H17N3O3S/c1-12-10-13(2)18-16(11-12)21(3)19(26-18)20-17(23)9-6-14-4-7-15(8-5-14)22(24)25/h4-11H,1-3H3. The number of amides is 1. The summed E-state index contributed by atoms with van der Waals surface area (Å²) in [4.78, 5) is 27.2. The molecule has 0 aliphatic rings. The molecule has 1 aromatic heterocycles. The largest absolute Gasteiger partial charge is 0.319 e. The summed E-state index contributed by atoms with van der Waals surface area (Å²) in [6.45, 7) is 4.09. The quantitative estimate of drug-likeness (QED) is 0.400. The maximum absolute atomic E-state index is 12.2. The lowest BCUT2D eigenvalue weighted by Gasteiger charge is -2.00. The maximum atomic E-state index is 12.2. The molecule has 0 saturated heterocycles. The van der Waals surface area contributed by atoms with Gasteiger partial charge in [0.1, 0.15) is 0 Å². The van der Waals surface area contributed by atoms with Gasteiger partial charge in [0.2, 0.25) is 0 Å². The van der Waals surface area contributed by atoms with Gasteiger partial charge in [0.05, 0.1) is 15.1 Å². The first-order chi connectivity index (χ1) is 12.3. The Morgan fingerprint density at radius 2 is 1.92 bits per heavy atom. The molecular formula is C19H17N3O3S. The van der Waals surface area contributed by atoms with Gasteiger partial charge in [-0.2, -0.15) is 4.99 Å². The molecule has 0 N–H and O–H groups in total. The van der Waals surface area contributed by atoms with Crippen molar-refractivity contribution in [2.45, 2.75) is 13.8 Å². The molecule has 3 rings (SSSR count). The van der Waals surface area contributed by atoms with Gasteiger partial charge in [0.25, 0.3) is 11.6 Å². The highest BCUT2D eigenvalue weighted by Crippen LogP contribution is 2.22. The second-order valence-electron chi connectivity index (χ2n) is 6.01. The number of carbonyl (C=O) groups excluding carboxylic acids is 1. The Labute approximate surface area is 153 Å². The molecule has 0 spiro atoms. The molecule has 2 aromatic carbocycles. The zero-order valence-electron chi connectivity index (χ0n) is 14.6. The number of aryl methyl sites for hydroxylation is 3. The van der Waals surface area contributed by atoms with Crippen LogP contribution in [0.3, 0.4) is 0 Å². The lowest BCUT2D eigenvalue weighted by Crippen LogP contribution is -2.12. The van der Waals surface area contributed by atoms with E-state index in [1.165, 1.54) is 35.1 Å². The second-order valence-corrected chi connectivity index (χ2v) is 6.98. The van der Waals surface area contributed by atoms with Crippen molar-refractivity contribution in [2.24, 2.45) is 12.0 Å². The molecule has 0 aliphatic heterocycles. The number of hydrogen-bond donors (Lipinski definition) is 0. The number of nitrogens with zero attached hydrogens (tertiary/aromatic N) is 3. The summed E-state index contributed by atoms with van der Waals surface area (Å²) in [6.07, 6.45) is 2.96. The van der Waals surface area contributed by atoms with Crippen molar-refractivity contribution in [2.75, 3.05) is 0 Å². The Balaban J connectivity index is 1.89. The molecule has 0 unspecified atom stereocenters. The van der Waals surface area contributed by atoms with Crippen LogP contribution in [0.1, 0.15) is 16.7 Å². The summed E-state index contributed by atoms with van der Waals surface area (Å²) in [5.74, 6) is -0.375. The average molecular weight is 367 g/mol. The normalized spacial score (nSPS) is 12.2. The highest BCUT2D eigenvalue weighted by atomic mass is 32.1. The molecule has 0 atom stereocenters. The fourth-order valence-corrected chi connectivity index (χ4v) is 3.75. The number of rotatable bonds is 3. The van der Waals surface area contributed by atoms with Crippen LogP contribution in [0, 0.1) is 24.0 Å². The van der Waals surface area contributed by atoms with Crippen molar-refractivity contribution in [1.29, 1.82) is 0 Å². The predicted molar refractivity (Wildman–Crippen MR) is 103 cm³/mol. The van der Waals surface area contributed by atoms with Gasteiger partial charge in [-0.25, -0.2) is 0 Å². The van der Waals surface area contributed by atoms with Gasteiger partial charge in [-0.05, 0) is 54.8 Å². The van der Waals surface area contributed by atoms with E-state index in [2.05, 4.69) is 17.1 Å². The minimum absolute atomic E-state index is 0.0149. The first kappa shape index (κ1) is 17.8. The molecule has 132 valence electrons. The first-order valence-corrected chi connectivity index (χ1v) is 8.75. The monoisotopic (exact) mass is 367 g/mol. The fraction of sp³-hybridized carbons (Fsp3) is 0.158. The van der Waals surface area contributed by atoms with Gasteiger partial charge < -0.3 is 4.57 Å². The van der Waals surface area contributed by atoms with E-state index in [1.807, 2.05) is 25.5 Å². The van der Waals surface area contributed by atoms with E-state index >= 15 is 0 Å². The van der Waals surface area contributed by atoms with E-state index in [1.54, 1.807) is 18.2 Å². The third kappa shape index (κ3) is 3.62. The van der Waals surface area contributed by atoms with Gasteiger partial charge in [-0.3, -0.25) is 14.9 Å². The van der Waals surface area contributed by atoms with Crippen LogP contribution >= 0.6 is 11.3 Å². The van der Waals surface area contributed by atoms with Crippen LogP contribution in [0.5, 0.6) is 0 Å². The summed E-state index contributed by atoms with van der Waals surface area (Å²) in [7, 11) is 1.89. The Kier molecular flexibility index (Phi) is 4.81. The summed E-state index contributed by atoms with van der Waals surface area (Å²) >= 11 is 1.48. The molecule has 26 heavy (non-hydrogen) atoms. The highest BCUT2D eigenvalue weighted by molar-refractivity contribution is 7.16. The molecule has 7 heteroatoms. The number of nitro groups is 1. The van der Waals surface area contributed by atoms with Crippen molar-refractivity contribution in [1.82, 2.24) is 4.57 Å². The second kappa shape index (κ2) is 7.05. The van der Waals surface area contributed by atoms with Gasteiger partial charge in [0.15, 0.2) is 4.80 Å². The van der Waals surface area contributed by atoms with Crippen LogP contribution in [0.2, 0.25) is 0 Å². The zero-order chi connectivity index (χ0) is 18.8. The number of thiazole rings is 1. The minimum Gasteiger partial charge on any atom is -0.319 e.